The number of ether oxygens (including phenoxy) is 1. The molecule has 1 saturated heterocycles. The Hall–Kier alpha value is -3.10. The monoisotopic (exact) mass is 432 g/mol. The van der Waals surface area contributed by atoms with Gasteiger partial charge in [0.1, 0.15) is 17.0 Å². The Morgan fingerprint density at radius 3 is 2.84 bits per heavy atom. The lowest BCUT2D eigenvalue weighted by Gasteiger charge is -2.28. The second kappa shape index (κ2) is 7.79. The lowest BCUT2D eigenvalue weighted by atomic mass is 9.91. The number of fused-ring (bicyclic) bond motifs is 4. The van der Waals surface area contributed by atoms with Gasteiger partial charge in [0, 0.05) is 35.9 Å². The summed E-state index contributed by atoms with van der Waals surface area (Å²) in [5, 5.41) is 4.67. The molecular weight excluding hydrogens is 404 g/mol. The highest BCUT2D eigenvalue weighted by atomic mass is 16.5. The Kier molecular flexibility index (Phi) is 4.77. The quantitative estimate of drug-likeness (QED) is 0.509. The number of nitrogens with zero attached hydrogens (tertiary/aromatic N) is 4. The number of aryl methyl sites for hydroxylation is 1. The van der Waals surface area contributed by atoms with Crippen LogP contribution in [0.2, 0.25) is 0 Å². The van der Waals surface area contributed by atoms with Crippen LogP contribution in [0.25, 0.3) is 22.1 Å². The summed E-state index contributed by atoms with van der Waals surface area (Å²) in [5.74, 6) is 0.816. The van der Waals surface area contributed by atoms with Crippen LogP contribution in [0.1, 0.15) is 17.7 Å². The number of aromatic nitrogens is 3. The average Bonchev–Trinajstić information content (AvgIpc) is 3.39. The number of nitrogens with one attached hydrogen (secondary N) is 2. The molecule has 4 heterocycles. The maximum Gasteiger partial charge on any atom is 0.298 e. The van der Waals surface area contributed by atoms with E-state index in [2.05, 4.69) is 51.3 Å². The minimum atomic E-state index is 0.593. The van der Waals surface area contributed by atoms with E-state index >= 15 is 0 Å². The molecule has 1 unspecified atom stereocenters. The normalized spacial score (nSPS) is 19.1. The molecule has 1 aliphatic heterocycles. The first-order valence-electron chi connectivity index (χ1n) is 11.3. The van der Waals surface area contributed by atoms with Crippen LogP contribution in [0, 0.1) is 0 Å². The van der Waals surface area contributed by atoms with Gasteiger partial charge < -0.3 is 29.3 Å². The topological polar surface area (TPSA) is 82.5 Å². The van der Waals surface area contributed by atoms with Crippen molar-refractivity contribution < 1.29 is 9.15 Å². The molecule has 8 nitrogen and oxygen atoms in total. The molecule has 0 spiro atoms. The van der Waals surface area contributed by atoms with E-state index in [-0.39, 0.29) is 0 Å². The van der Waals surface area contributed by atoms with Crippen LogP contribution in [0.5, 0.6) is 0 Å². The molecule has 1 atom stereocenters. The minimum Gasteiger partial charge on any atom is -0.423 e. The van der Waals surface area contributed by atoms with Gasteiger partial charge in [0.05, 0.1) is 13.2 Å². The molecule has 0 saturated carbocycles. The van der Waals surface area contributed by atoms with Gasteiger partial charge in [-0.2, -0.15) is 4.98 Å². The van der Waals surface area contributed by atoms with Crippen molar-refractivity contribution in [2.24, 2.45) is 0 Å². The van der Waals surface area contributed by atoms with Crippen LogP contribution in [0.4, 0.5) is 17.5 Å². The number of morpholine rings is 1. The first kappa shape index (κ1) is 19.6. The van der Waals surface area contributed by atoms with Crippen molar-refractivity contribution in [3.8, 4) is 0 Å². The fourth-order valence-electron chi connectivity index (χ4n) is 4.82. The Balaban J connectivity index is 1.25. The molecular formula is C24H28N6O2. The number of pyridine rings is 1. The molecule has 1 aromatic carbocycles. The molecule has 1 fully saturated rings. The lowest BCUT2D eigenvalue weighted by Crippen LogP contribution is -2.36. The number of benzene rings is 1. The molecule has 0 amide bonds. The van der Waals surface area contributed by atoms with E-state index in [9.17, 15) is 0 Å². The third-order valence-electron chi connectivity index (χ3n) is 6.68. The van der Waals surface area contributed by atoms with Crippen molar-refractivity contribution in [2.75, 3.05) is 50.6 Å². The third-order valence-corrected chi connectivity index (χ3v) is 6.68. The Morgan fingerprint density at radius 1 is 1.12 bits per heavy atom. The van der Waals surface area contributed by atoms with Gasteiger partial charge >= 0.3 is 0 Å². The molecule has 2 N–H and O–H groups in total. The van der Waals surface area contributed by atoms with Gasteiger partial charge in [-0.3, -0.25) is 0 Å². The van der Waals surface area contributed by atoms with E-state index < -0.39 is 0 Å². The summed E-state index contributed by atoms with van der Waals surface area (Å²) >= 11 is 0. The zero-order chi connectivity index (χ0) is 21.7. The van der Waals surface area contributed by atoms with Crippen molar-refractivity contribution in [2.45, 2.75) is 25.3 Å². The highest BCUT2D eigenvalue weighted by Crippen LogP contribution is 2.31. The van der Waals surface area contributed by atoms with Crippen molar-refractivity contribution in [3.05, 3.63) is 41.6 Å². The number of oxazole rings is 1. The second-order valence-electron chi connectivity index (χ2n) is 8.94. The van der Waals surface area contributed by atoms with E-state index in [1.165, 1.54) is 23.1 Å². The van der Waals surface area contributed by atoms with Crippen molar-refractivity contribution in [1.82, 2.24) is 19.9 Å². The largest absolute Gasteiger partial charge is 0.423 e. The second-order valence-corrected chi connectivity index (χ2v) is 8.94. The van der Waals surface area contributed by atoms with Crippen LogP contribution in [0.3, 0.4) is 0 Å². The zero-order valence-electron chi connectivity index (χ0n) is 18.5. The molecule has 2 aliphatic rings. The molecule has 166 valence electrons. The number of hydrogen-bond donors (Lipinski definition) is 2. The summed E-state index contributed by atoms with van der Waals surface area (Å²) in [6, 6.07) is 11.5. The van der Waals surface area contributed by atoms with Gasteiger partial charge in [-0.25, -0.2) is 4.98 Å². The van der Waals surface area contributed by atoms with Gasteiger partial charge in [0.15, 0.2) is 5.58 Å². The smallest absolute Gasteiger partial charge is 0.298 e. The van der Waals surface area contributed by atoms with Crippen LogP contribution in [0.15, 0.2) is 34.7 Å². The van der Waals surface area contributed by atoms with Gasteiger partial charge in [0.2, 0.25) is 0 Å². The molecule has 0 radical (unpaired) electrons. The van der Waals surface area contributed by atoms with E-state index in [1.54, 1.807) is 0 Å². The van der Waals surface area contributed by atoms with Gasteiger partial charge in [-0.1, -0.05) is 0 Å². The minimum absolute atomic E-state index is 0.593. The lowest BCUT2D eigenvalue weighted by molar-refractivity contribution is 0.120. The highest BCUT2D eigenvalue weighted by molar-refractivity contribution is 5.85. The summed E-state index contributed by atoms with van der Waals surface area (Å²) in [4.78, 5) is 17.6. The Morgan fingerprint density at radius 2 is 2.00 bits per heavy atom. The van der Waals surface area contributed by atoms with Crippen LogP contribution < -0.4 is 10.2 Å². The maximum absolute atomic E-state index is 5.95. The van der Waals surface area contributed by atoms with Crippen LogP contribution in [-0.2, 0) is 17.6 Å². The number of aromatic amines is 1. The number of anilines is 3. The Labute approximate surface area is 186 Å². The predicted octanol–water partition coefficient (Wildman–Crippen LogP) is 3.70. The number of hydrogen-bond acceptors (Lipinski definition) is 7. The predicted molar refractivity (Wildman–Crippen MR) is 126 cm³/mol. The van der Waals surface area contributed by atoms with Gasteiger partial charge in [-0.15, -0.1) is 0 Å². The molecule has 1 aliphatic carbocycles. The van der Waals surface area contributed by atoms with Crippen molar-refractivity contribution in [3.63, 3.8) is 0 Å². The summed E-state index contributed by atoms with van der Waals surface area (Å²) in [5.41, 5.74) is 6.27. The molecule has 4 aromatic rings. The van der Waals surface area contributed by atoms with E-state index in [0.29, 0.717) is 25.3 Å². The van der Waals surface area contributed by atoms with Crippen LogP contribution >= 0.6 is 0 Å². The SMILES string of the molecule is CN(C)C1CCc2[nH]c3nc(Nc4ccc5oc(N6CCOCC6)nc5c4)ccc3c2C1. The summed E-state index contributed by atoms with van der Waals surface area (Å²) in [6.07, 6.45) is 3.33. The van der Waals surface area contributed by atoms with Crippen molar-refractivity contribution in [1.29, 1.82) is 0 Å². The number of H-pyrrole nitrogens is 1. The first-order valence-corrected chi connectivity index (χ1v) is 11.3. The molecule has 6 rings (SSSR count). The van der Waals surface area contributed by atoms with Gasteiger partial charge in [-0.05, 0) is 69.3 Å². The fraction of sp³-hybridized carbons (Fsp3) is 0.417. The van der Waals surface area contributed by atoms with E-state index in [1.807, 2.05) is 18.2 Å². The molecule has 32 heavy (non-hydrogen) atoms. The number of rotatable bonds is 4. The highest BCUT2D eigenvalue weighted by Gasteiger charge is 2.24. The standard InChI is InChI=1S/C24H28N6O2/c1-29(2)16-4-6-19-18(14-16)17-5-8-22(28-23(17)26-19)25-15-3-7-21-20(13-15)27-24(32-21)30-9-11-31-12-10-30/h3,5,7-8,13,16H,4,6,9-12,14H2,1-2H3,(H2,25,26,28). The molecule has 8 heteroatoms. The zero-order valence-corrected chi connectivity index (χ0v) is 18.5. The van der Waals surface area contributed by atoms with Crippen LogP contribution in [-0.4, -0.2) is 66.3 Å². The third kappa shape index (κ3) is 3.49. The first-order chi connectivity index (χ1) is 15.6. The molecule has 0 bridgehead atoms. The Bertz CT molecular complexity index is 1270. The van der Waals surface area contributed by atoms with Crippen molar-refractivity contribution >= 4 is 39.7 Å². The summed E-state index contributed by atoms with van der Waals surface area (Å²) in [7, 11) is 4.33. The van der Waals surface area contributed by atoms with E-state index in [4.69, 9.17) is 14.1 Å². The average molecular weight is 433 g/mol. The number of likely N-dealkylation sites (N-methyl/N-ethyl adjacent to an activating group) is 1. The van der Waals surface area contributed by atoms with E-state index in [0.717, 1.165) is 54.2 Å². The summed E-state index contributed by atoms with van der Waals surface area (Å²) in [6.45, 7) is 3.02. The summed E-state index contributed by atoms with van der Waals surface area (Å²) < 4.78 is 11.4. The molecule has 3 aromatic heterocycles. The van der Waals surface area contributed by atoms with Gasteiger partial charge in [0.25, 0.3) is 6.01 Å². The fourth-order valence-corrected chi connectivity index (χ4v) is 4.82. The maximum atomic E-state index is 5.95.